The van der Waals surface area contributed by atoms with E-state index in [1.165, 1.54) is 0 Å². The SMILES string of the molecule is OCC1OC(CNCc2ccccn2)C(N2CCN(c3ncccn3)CC2)C1O. The molecule has 9 heteroatoms. The van der Waals surface area contributed by atoms with E-state index >= 15 is 0 Å². The molecule has 29 heavy (non-hydrogen) atoms. The Labute approximate surface area is 170 Å². The van der Waals surface area contributed by atoms with Gasteiger partial charge in [-0.05, 0) is 18.2 Å². The largest absolute Gasteiger partial charge is 0.394 e. The summed E-state index contributed by atoms with van der Waals surface area (Å²) in [5.41, 5.74) is 0.956. The molecule has 2 aliphatic heterocycles. The molecule has 2 aromatic rings. The van der Waals surface area contributed by atoms with Gasteiger partial charge in [0.25, 0.3) is 0 Å². The third kappa shape index (κ3) is 4.71. The van der Waals surface area contributed by atoms with Crippen LogP contribution in [0.5, 0.6) is 0 Å². The molecule has 4 unspecified atom stereocenters. The highest BCUT2D eigenvalue weighted by molar-refractivity contribution is 5.29. The Morgan fingerprint density at radius 3 is 2.45 bits per heavy atom. The second kappa shape index (κ2) is 9.55. The predicted molar refractivity (Wildman–Crippen MR) is 107 cm³/mol. The van der Waals surface area contributed by atoms with Crippen molar-refractivity contribution < 1.29 is 14.9 Å². The molecule has 2 aliphatic rings. The highest BCUT2D eigenvalue weighted by atomic mass is 16.5. The minimum absolute atomic E-state index is 0.165. The Bertz CT molecular complexity index is 744. The minimum atomic E-state index is -0.721. The Hall–Kier alpha value is -2.17. The Morgan fingerprint density at radius 1 is 1.00 bits per heavy atom. The van der Waals surface area contributed by atoms with Gasteiger partial charge < -0.3 is 25.2 Å². The van der Waals surface area contributed by atoms with Crippen LogP contribution >= 0.6 is 0 Å². The molecule has 2 saturated heterocycles. The monoisotopic (exact) mass is 400 g/mol. The van der Waals surface area contributed by atoms with Gasteiger partial charge in [-0.15, -0.1) is 0 Å². The molecule has 4 atom stereocenters. The van der Waals surface area contributed by atoms with Crippen LogP contribution in [0, 0.1) is 0 Å². The maximum absolute atomic E-state index is 10.8. The molecule has 4 rings (SSSR count). The van der Waals surface area contributed by atoms with Crippen molar-refractivity contribution in [3.8, 4) is 0 Å². The van der Waals surface area contributed by atoms with E-state index in [4.69, 9.17) is 4.74 Å². The average molecular weight is 400 g/mol. The van der Waals surface area contributed by atoms with Crippen LogP contribution in [0.1, 0.15) is 5.69 Å². The van der Waals surface area contributed by atoms with Crippen molar-refractivity contribution in [3.63, 3.8) is 0 Å². The highest BCUT2D eigenvalue weighted by Crippen LogP contribution is 2.27. The summed E-state index contributed by atoms with van der Waals surface area (Å²) in [4.78, 5) is 17.4. The molecule has 0 radical (unpaired) electrons. The standard InChI is InChI=1S/C20H28N6O3/c27-14-17-19(28)18(16(29-17)13-21-12-15-4-1-2-5-22-15)25-8-10-26(11-9-25)20-23-6-3-7-24-20/h1-7,16-19,21,27-28H,8-14H2. The number of piperazine rings is 1. The first-order valence-corrected chi connectivity index (χ1v) is 10.1. The number of aliphatic hydroxyl groups is 2. The van der Waals surface area contributed by atoms with E-state index < -0.39 is 12.2 Å². The van der Waals surface area contributed by atoms with Crippen LogP contribution in [0.25, 0.3) is 0 Å². The van der Waals surface area contributed by atoms with Gasteiger partial charge in [0.1, 0.15) is 12.2 Å². The van der Waals surface area contributed by atoms with Gasteiger partial charge in [-0.3, -0.25) is 9.88 Å². The first-order chi connectivity index (χ1) is 14.3. The molecular weight excluding hydrogens is 372 g/mol. The van der Waals surface area contributed by atoms with Gasteiger partial charge in [0.05, 0.1) is 24.4 Å². The lowest BCUT2D eigenvalue weighted by molar-refractivity contribution is -0.0213. The van der Waals surface area contributed by atoms with Crippen LogP contribution in [0.3, 0.4) is 0 Å². The lowest BCUT2D eigenvalue weighted by Gasteiger charge is -2.40. The summed E-state index contributed by atoms with van der Waals surface area (Å²) >= 11 is 0. The molecule has 0 spiro atoms. The molecule has 0 aliphatic carbocycles. The topological polar surface area (TPSA) is 107 Å². The van der Waals surface area contributed by atoms with E-state index in [2.05, 4.69) is 30.1 Å². The van der Waals surface area contributed by atoms with Gasteiger partial charge in [-0.2, -0.15) is 0 Å². The molecule has 0 aromatic carbocycles. The van der Waals surface area contributed by atoms with E-state index in [0.717, 1.165) is 37.8 Å². The summed E-state index contributed by atoms with van der Waals surface area (Å²) in [6.45, 7) is 4.14. The number of aromatic nitrogens is 3. The van der Waals surface area contributed by atoms with Crippen LogP contribution in [0.4, 0.5) is 5.95 Å². The van der Waals surface area contributed by atoms with Crippen molar-refractivity contribution in [3.05, 3.63) is 48.5 Å². The van der Waals surface area contributed by atoms with Crippen LogP contribution in [0.15, 0.2) is 42.9 Å². The summed E-state index contributed by atoms with van der Waals surface area (Å²) < 4.78 is 5.98. The van der Waals surface area contributed by atoms with Gasteiger partial charge in [-0.25, -0.2) is 9.97 Å². The lowest BCUT2D eigenvalue weighted by Crippen LogP contribution is -2.57. The number of aliphatic hydroxyl groups excluding tert-OH is 2. The molecule has 0 saturated carbocycles. The smallest absolute Gasteiger partial charge is 0.225 e. The average Bonchev–Trinajstić information content (AvgIpc) is 3.10. The summed E-state index contributed by atoms with van der Waals surface area (Å²) in [6, 6.07) is 7.46. The summed E-state index contributed by atoms with van der Waals surface area (Å²) in [7, 11) is 0. The number of ether oxygens (including phenoxy) is 1. The zero-order chi connectivity index (χ0) is 20.1. The quantitative estimate of drug-likeness (QED) is 0.555. The Morgan fingerprint density at radius 2 is 1.76 bits per heavy atom. The normalized spacial score (nSPS) is 28.0. The molecule has 0 amide bonds. The molecule has 2 fully saturated rings. The van der Waals surface area contributed by atoms with Crippen molar-refractivity contribution in [2.75, 3.05) is 44.2 Å². The third-order valence-electron chi connectivity index (χ3n) is 5.59. The van der Waals surface area contributed by atoms with Crippen LogP contribution in [-0.2, 0) is 11.3 Å². The summed E-state index contributed by atoms with van der Waals surface area (Å²) in [5.74, 6) is 0.734. The number of pyridine rings is 1. The Balaban J connectivity index is 1.36. The molecule has 2 aromatic heterocycles. The molecule has 156 valence electrons. The molecule has 0 bridgehead atoms. The minimum Gasteiger partial charge on any atom is -0.394 e. The number of hydrogen-bond acceptors (Lipinski definition) is 9. The molecule has 4 heterocycles. The van der Waals surface area contributed by atoms with E-state index in [-0.39, 0.29) is 18.8 Å². The fourth-order valence-electron chi connectivity index (χ4n) is 4.12. The number of rotatable bonds is 7. The lowest BCUT2D eigenvalue weighted by atomic mass is 10.0. The van der Waals surface area contributed by atoms with Gasteiger partial charge in [0, 0.05) is 57.9 Å². The zero-order valence-electron chi connectivity index (χ0n) is 16.3. The summed E-state index contributed by atoms with van der Waals surface area (Å²) in [5, 5.41) is 23.7. The molecule has 9 nitrogen and oxygen atoms in total. The molecular formula is C20H28N6O3. The summed E-state index contributed by atoms with van der Waals surface area (Å²) in [6.07, 6.45) is 3.79. The third-order valence-corrected chi connectivity index (χ3v) is 5.59. The van der Waals surface area contributed by atoms with Crippen molar-refractivity contribution in [1.29, 1.82) is 0 Å². The molecule has 3 N–H and O–H groups in total. The van der Waals surface area contributed by atoms with Gasteiger partial charge >= 0.3 is 0 Å². The van der Waals surface area contributed by atoms with Crippen LogP contribution < -0.4 is 10.2 Å². The van der Waals surface area contributed by atoms with Crippen molar-refractivity contribution in [1.82, 2.24) is 25.2 Å². The number of nitrogens with one attached hydrogen (secondary N) is 1. The van der Waals surface area contributed by atoms with Crippen molar-refractivity contribution in [2.24, 2.45) is 0 Å². The second-order valence-electron chi connectivity index (χ2n) is 7.40. The van der Waals surface area contributed by atoms with Gasteiger partial charge in [-0.1, -0.05) is 6.07 Å². The van der Waals surface area contributed by atoms with E-state index in [9.17, 15) is 10.2 Å². The Kier molecular flexibility index (Phi) is 6.63. The second-order valence-corrected chi connectivity index (χ2v) is 7.40. The maximum Gasteiger partial charge on any atom is 0.225 e. The van der Waals surface area contributed by atoms with Crippen molar-refractivity contribution >= 4 is 5.95 Å². The predicted octanol–water partition coefficient (Wildman–Crippen LogP) is -0.727. The van der Waals surface area contributed by atoms with Gasteiger partial charge in [0.2, 0.25) is 5.95 Å². The number of nitrogens with zero attached hydrogens (tertiary/aromatic N) is 5. The van der Waals surface area contributed by atoms with Crippen molar-refractivity contribution in [2.45, 2.75) is 30.9 Å². The first kappa shape index (κ1) is 20.1. The fourth-order valence-corrected chi connectivity index (χ4v) is 4.12. The first-order valence-electron chi connectivity index (χ1n) is 10.1. The van der Waals surface area contributed by atoms with E-state index in [1.807, 2.05) is 24.3 Å². The van der Waals surface area contributed by atoms with Crippen LogP contribution in [0.2, 0.25) is 0 Å². The number of anilines is 1. The van der Waals surface area contributed by atoms with Crippen LogP contribution in [-0.4, -0.2) is 93.7 Å². The van der Waals surface area contributed by atoms with E-state index in [1.54, 1.807) is 18.6 Å². The zero-order valence-corrected chi connectivity index (χ0v) is 16.3. The van der Waals surface area contributed by atoms with E-state index in [0.29, 0.717) is 13.1 Å². The van der Waals surface area contributed by atoms with Gasteiger partial charge in [0.15, 0.2) is 0 Å². The highest BCUT2D eigenvalue weighted by Gasteiger charge is 2.46. The fraction of sp³-hybridized carbons (Fsp3) is 0.550. The maximum atomic E-state index is 10.8. The number of hydrogen-bond donors (Lipinski definition) is 3.